The minimum absolute atomic E-state index is 0.00503. The predicted molar refractivity (Wildman–Crippen MR) is 106 cm³/mol. The van der Waals surface area contributed by atoms with Crippen LogP contribution in [0.25, 0.3) is 0 Å². The number of hydrogen-bond donors (Lipinski definition) is 2. The molecule has 0 saturated carbocycles. The van der Waals surface area contributed by atoms with Gasteiger partial charge in [0.25, 0.3) is 0 Å². The summed E-state index contributed by atoms with van der Waals surface area (Å²) >= 11 is 6.20. The number of methoxy groups -OCH3 is 1. The Labute approximate surface area is 169 Å². The lowest BCUT2D eigenvalue weighted by Gasteiger charge is -2.37. The van der Waals surface area contributed by atoms with Gasteiger partial charge in [-0.3, -0.25) is 25.0 Å². The summed E-state index contributed by atoms with van der Waals surface area (Å²) in [7, 11) is 1.59. The topological polar surface area (TPSA) is 91.0 Å². The van der Waals surface area contributed by atoms with Gasteiger partial charge in [-0.1, -0.05) is 17.7 Å². The molecule has 2 heterocycles. The molecule has 2 fully saturated rings. The van der Waals surface area contributed by atoms with Gasteiger partial charge in [0.15, 0.2) is 5.75 Å². The van der Waals surface area contributed by atoms with E-state index in [0.717, 1.165) is 5.69 Å². The summed E-state index contributed by atoms with van der Waals surface area (Å²) in [6, 6.07) is 5.62. The first-order valence-electron chi connectivity index (χ1n) is 9.28. The molecule has 8 nitrogen and oxygen atoms in total. The molecule has 1 aromatic carbocycles. The zero-order valence-electron chi connectivity index (χ0n) is 16.1. The van der Waals surface area contributed by atoms with Gasteiger partial charge in [0.1, 0.15) is 0 Å². The van der Waals surface area contributed by atoms with Crippen LogP contribution >= 0.6 is 11.6 Å². The molecule has 2 aliphatic rings. The lowest BCUT2D eigenvalue weighted by atomic mass is 9.92. The summed E-state index contributed by atoms with van der Waals surface area (Å²) in [5, 5.41) is 5.81. The maximum atomic E-state index is 12.6. The number of carbonyl (C=O) groups excluding carboxylic acids is 3. The smallest absolute Gasteiger partial charge is 0.246 e. The van der Waals surface area contributed by atoms with Gasteiger partial charge < -0.3 is 14.5 Å². The number of imide groups is 1. The number of hydrogen-bond acceptors (Lipinski definition) is 6. The van der Waals surface area contributed by atoms with Gasteiger partial charge in [-0.2, -0.15) is 0 Å². The van der Waals surface area contributed by atoms with Crippen molar-refractivity contribution in [2.24, 2.45) is 0 Å². The molecule has 0 spiro atoms. The highest BCUT2D eigenvalue weighted by Crippen LogP contribution is 2.35. The molecule has 3 amide bonds. The number of amides is 3. The van der Waals surface area contributed by atoms with Gasteiger partial charge >= 0.3 is 0 Å². The molecule has 0 aliphatic carbocycles. The summed E-state index contributed by atoms with van der Waals surface area (Å²) < 4.78 is 5.42. The molecule has 2 saturated heterocycles. The number of rotatable bonds is 5. The Morgan fingerprint density at radius 1 is 1.25 bits per heavy atom. The van der Waals surface area contributed by atoms with Crippen LogP contribution in [-0.2, 0) is 14.4 Å². The highest BCUT2D eigenvalue weighted by atomic mass is 35.5. The summed E-state index contributed by atoms with van der Waals surface area (Å²) in [4.78, 5) is 39.9. The molecular formula is C19H25ClN4O4. The number of carbonyl (C=O) groups is 3. The Hall–Kier alpha value is -2.32. The van der Waals surface area contributed by atoms with Crippen LogP contribution in [0.4, 0.5) is 5.69 Å². The van der Waals surface area contributed by atoms with Crippen LogP contribution in [0.1, 0.15) is 19.8 Å². The number of benzene rings is 1. The average Bonchev–Trinajstić information content (AvgIpc) is 2.69. The molecule has 2 aliphatic heterocycles. The Morgan fingerprint density at radius 2 is 1.96 bits per heavy atom. The normalized spacial score (nSPS) is 22.8. The number of ether oxygens (including phenoxy) is 1. The first kappa shape index (κ1) is 20.4. The fraction of sp³-hybridized carbons (Fsp3) is 0.526. The quantitative estimate of drug-likeness (QED) is 0.700. The standard InChI is InChI=1S/C19H25ClN4O4/c1-19(18(27)22-15(25)12-21-19)7-6-16(26)24-10-8-23(9-11-24)14-5-3-4-13(20)17(14)28-2/h3-5,21H,6-12H2,1-2H3,(H,22,25,27)/t19-/m1/s1. The highest BCUT2D eigenvalue weighted by Gasteiger charge is 2.38. The number of nitrogens with one attached hydrogen (secondary N) is 2. The molecule has 0 unspecified atom stereocenters. The number of para-hydroxylation sites is 1. The van der Waals surface area contributed by atoms with Crippen molar-refractivity contribution in [3.05, 3.63) is 23.2 Å². The molecular weight excluding hydrogens is 384 g/mol. The van der Waals surface area contributed by atoms with Crippen LogP contribution < -0.4 is 20.3 Å². The Kier molecular flexibility index (Phi) is 6.10. The van der Waals surface area contributed by atoms with E-state index in [-0.39, 0.29) is 30.7 Å². The van der Waals surface area contributed by atoms with Gasteiger partial charge in [0.2, 0.25) is 17.7 Å². The van der Waals surface area contributed by atoms with Crippen molar-refractivity contribution in [2.75, 3.05) is 44.7 Å². The van der Waals surface area contributed by atoms with Crippen molar-refractivity contribution in [3.8, 4) is 5.75 Å². The molecule has 0 bridgehead atoms. The summed E-state index contributed by atoms with van der Waals surface area (Å²) in [5.74, 6) is -0.0815. The molecule has 1 atom stereocenters. The Balaban J connectivity index is 1.54. The summed E-state index contributed by atoms with van der Waals surface area (Å²) in [6.07, 6.45) is 0.582. The highest BCUT2D eigenvalue weighted by molar-refractivity contribution is 6.32. The predicted octanol–water partition coefficient (Wildman–Crippen LogP) is 0.782. The van der Waals surface area contributed by atoms with E-state index >= 15 is 0 Å². The van der Waals surface area contributed by atoms with Gasteiger partial charge in [-0.25, -0.2) is 0 Å². The van der Waals surface area contributed by atoms with Gasteiger partial charge in [-0.05, 0) is 25.5 Å². The van der Waals surface area contributed by atoms with E-state index in [1.165, 1.54) is 0 Å². The third-order valence-electron chi connectivity index (χ3n) is 5.36. The number of anilines is 1. The minimum Gasteiger partial charge on any atom is -0.493 e. The van der Waals surface area contributed by atoms with Crippen LogP contribution in [0.2, 0.25) is 5.02 Å². The first-order chi connectivity index (χ1) is 13.3. The number of piperazine rings is 2. The van der Waals surface area contributed by atoms with E-state index in [1.807, 2.05) is 17.0 Å². The van der Waals surface area contributed by atoms with Crippen molar-refractivity contribution in [1.82, 2.24) is 15.5 Å². The van der Waals surface area contributed by atoms with Crippen LogP contribution in [0.15, 0.2) is 18.2 Å². The average molecular weight is 409 g/mol. The number of nitrogens with zero attached hydrogens (tertiary/aromatic N) is 2. The van der Waals surface area contributed by atoms with Crippen molar-refractivity contribution >= 4 is 35.0 Å². The summed E-state index contributed by atoms with van der Waals surface area (Å²) in [6.45, 7) is 4.31. The van der Waals surface area contributed by atoms with E-state index < -0.39 is 5.54 Å². The molecule has 3 rings (SSSR count). The van der Waals surface area contributed by atoms with Gasteiger partial charge in [0, 0.05) is 32.6 Å². The molecule has 1 aromatic rings. The second-order valence-electron chi connectivity index (χ2n) is 7.22. The van der Waals surface area contributed by atoms with Crippen LogP contribution in [0, 0.1) is 0 Å². The third-order valence-corrected chi connectivity index (χ3v) is 5.65. The monoisotopic (exact) mass is 408 g/mol. The van der Waals surface area contributed by atoms with Gasteiger partial charge in [-0.15, -0.1) is 0 Å². The third kappa shape index (κ3) is 4.23. The maximum absolute atomic E-state index is 12.6. The maximum Gasteiger partial charge on any atom is 0.246 e. The second-order valence-corrected chi connectivity index (χ2v) is 7.63. The van der Waals surface area contributed by atoms with Crippen molar-refractivity contribution in [3.63, 3.8) is 0 Å². The van der Waals surface area contributed by atoms with Crippen molar-refractivity contribution < 1.29 is 19.1 Å². The molecule has 152 valence electrons. The fourth-order valence-electron chi connectivity index (χ4n) is 3.53. The van der Waals surface area contributed by atoms with E-state index in [1.54, 1.807) is 20.1 Å². The summed E-state index contributed by atoms with van der Waals surface area (Å²) in [5.41, 5.74) is 0.0156. The fourth-order valence-corrected chi connectivity index (χ4v) is 3.77. The zero-order chi connectivity index (χ0) is 20.3. The first-order valence-corrected chi connectivity index (χ1v) is 9.66. The lowest BCUT2D eigenvalue weighted by molar-refractivity contribution is -0.138. The van der Waals surface area contributed by atoms with E-state index in [4.69, 9.17) is 16.3 Å². The van der Waals surface area contributed by atoms with E-state index in [9.17, 15) is 14.4 Å². The molecule has 0 radical (unpaired) electrons. The van der Waals surface area contributed by atoms with Crippen LogP contribution in [-0.4, -0.2) is 68.0 Å². The lowest BCUT2D eigenvalue weighted by Crippen LogP contribution is -2.64. The Morgan fingerprint density at radius 3 is 2.61 bits per heavy atom. The molecule has 28 heavy (non-hydrogen) atoms. The zero-order valence-corrected chi connectivity index (χ0v) is 16.8. The van der Waals surface area contributed by atoms with Crippen LogP contribution in [0.5, 0.6) is 5.75 Å². The van der Waals surface area contributed by atoms with Crippen molar-refractivity contribution in [2.45, 2.75) is 25.3 Å². The van der Waals surface area contributed by atoms with Crippen LogP contribution in [0.3, 0.4) is 0 Å². The largest absolute Gasteiger partial charge is 0.493 e. The van der Waals surface area contributed by atoms with E-state index in [0.29, 0.717) is 43.4 Å². The molecule has 2 N–H and O–H groups in total. The number of halogens is 1. The molecule has 0 aromatic heterocycles. The van der Waals surface area contributed by atoms with Crippen molar-refractivity contribution in [1.29, 1.82) is 0 Å². The molecule has 9 heteroatoms. The Bertz CT molecular complexity index is 779. The minimum atomic E-state index is -0.903. The SMILES string of the molecule is COc1c(Cl)cccc1N1CCN(C(=O)CC[C@@]2(C)NCC(=O)NC2=O)CC1. The van der Waals surface area contributed by atoms with E-state index in [2.05, 4.69) is 15.5 Å². The second kappa shape index (κ2) is 8.36. The van der Waals surface area contributed by atoms with Gasteiger partial charge in [0.05, 0.1) is 29.9 Å².